The predicted octanol–water partition coefficient (Wildman–Crippen LogP) is 1.59. The summed E-state index contributed by atoms with van der Waals surface area (Å²) in [5.41, 5.74) is 6.44. The first kappa shape index (κ1) is 13.1. The van der Waals surface area contributed by atoms with Gasteiger partial charge < -0.3 is 15.8 Å². The second-order valence-electron chi connectivity index (χ2n) is 4.47. The third kappa shape index (κ3) is 2.73. The molecular formula is C13H17N5O. The van der Waals surface area contributed by atoms with Crippen LogP contribution in [0, 0.1) is 0 Å². The molecular weight excluding hydrogens is 242 g/mol. The van der Waals surface area contributed by atoms with Crippen molar-refractivity contribution in [3.8, 4) is 0 Å². The zero-order chi connectivity index (χ0) is 13.8. The van der Waals surface area contributed by atoms with Gasteiger partial charge >= 0.3 is 0 Å². The SMILES string of the molecule is CC(CC(N)=NO)N(C)c1ncnc2ccccc12. The summed E-state index contributed by atoms with van der Waals surface area (Å²) in [6.07, 6.45) is 2.01. The first-order chi connectivity index (χ1) is 9.13. The molecule has 100 valence electrons. The van der Waals surface area contributed by atoms with E-state index in [1.165, 1.54) is 0 Å². The van der Waals surface area contributed by atoms with Gasteiger partial charge in [0.1, 0.15) is 18.0 Å². The lowest BCUT2D eigenvalue weighted by Gasteiger charge is -2.26. The predicted molar refractivity (Wildman–Crippen MR) is 75.4 cm³/mol. The van der Waals surface area contributed by atoms with E-state index in [9.17, 15) is 0 Å². The van der Waals surface area contributed by atoms with Gasteiger partial charge in [-0.1, -0.05) is 17.3 Å². The fourth-order valence-electron chi connectivity index (χ4n) is 1.96. The van der Waals surface area contributed by atoms with Crippen LogP contribution in [0.25, 0.3) is 10.9 Å². The number of nitrogens with two attached hydrogens (primary N) is 1. The van der Waals surface area contributed by atoms with Gasteiger partial charge in [0.2, 0.25) is 0 Å². The Bertz CT molecular complexity index is 593. The van der Waals surface area contributed by atoms with Crippen LogP contribution in [-0.4, -0.2) is 34.1 Å². The number of para-hydroxylation sites is 1. The van der Waals surface area contributed by atoms with Crippen molar-refractivity contribution in [1.29, 1.82) is 0 Å². The summed E-state index contributed by atoms with van der Waals surface area (Å²) >= 11 is 0. The van der Waals surface area contributed by atoms with Gasteiger partial charge in [-0.05, 0) is 19.1 Å². The molecule has 6 nitrogen and oxygen atoms in total. The molecule has 0 radical (unpaired) electrons. The number of oxime groups is 1. The van der Waals surface area contributed by atoms with Crippen LogP contribution in [0.1, 0.15) is 13.3 Å². The standard InChI is InChI=1S/C13H17N5O/c1-9(7-12(14)17-19)18(2)13-10-5-3-4-6-11(10)15-8-16-13/h3-6,8-9,19H,7H2,1-2H3,(H2,14,17). The van der Waals surface area contributed by atoms with Crippen molar-refractivity contribution in [2.45, 2.75) is 19.4 Å². The van der Waals surface area contributed by atoms with Crippen LogP contribution in [0.15, 0.2) is 35.7 Å². The Morgan fingerprint density at radius 3 is 2.89 bits per heavy atom. The van der Waals surface area contributed by atoms with Crippen molar-refractivity contribution in [2.24, 2.45) is 10.9 Å². The highest BCUT2D eigenvalue weighted by atomic mass is 16.4. The van der Waals surface area contributed by atoms with Crippen molar-refractivity contribution in [2.75, 3.05) is 11.9 Å². The van der Waals surface area contributed by atoms with Gasteiger partial charge in [-0.15, -0.1) is 0 Å². The number of aromatic nitrogens is 2. The van der Waals surface area contributed by atoms with Crippen LogP contribution in [0.4, 0.5) is 5.82 Å². The average Bonchev–Trinajstić information content (AvgIpc) is 2.45. The summed E-state index contributed by atoms with van der Waals surface area (Å²) in [5.74, 6) is 1.04. The molecule has 0 aliphatic heterocycles. The molecule has 0 aliphatic carbocycles. The maximum absolute atomic E-state index is 8.63. The molecule has 0 saturated heterocycles. The van der Waals surface area contributed by atoms with Crippen LogP contribution in [0.2, 0.25) is 0 Å². The van der Waals surface area contributed by atoms with Crippen molar-refractivity contribution in [3.05, 3.63) is 30.6 Å². The van der Waals surface area contributed by atoms with Crippen LogP contribution in [0.3, 0.4) is 0 Å². The minimum Gasteiger partial charge on any atom is -0.409 e. The molecule has 1 heterocycles. The number of benzene rings is 1. The number of hydrogen-bond donors (Lipinski definition) is 2. The van der Waals surface area contributed by atoms with Gasteiger partial charge in [0.25, 0.3) is 0 Å². The van der Waals surface area contributed by atoms with E-state index in [0.717, 1.165) is 16.7 Å². The number of rotatable bonds is 4. The molecule has 0 amide bonds. The monoisotopic (exact) mass is 259 g/mol. The smallest absolute Gasteiger partial charge is 0.141 e. The van der Waals surface area contributed by atoms with Crippen molar-refractivity contribution >= 4 is 22.6 Å². The van der Waals surface area contributed by atoms with Gasteiger partial charge in [-0.2, -0.15) is 0 Å². The molecule has 2 aromatic rings. The summed E-state index contributed by atoms with van der Waals surface area (Å²) in [4.78, 5) is 10.6. The maximum atomic E-state index is 8.63. The molecule has 0 aliphatic rings. The van der Waals surface area contributed by atoms with Crippen LogP contribution < -0.4 is 10.6 Å². The van der Waals surface area contributed by atoms with Gasteiger partial charge in [0.15, 0.2) is 0 Å². The van der Waals surface area contributed by atoms with E-state index in [2.05, 4.69) is 15.1 Å². The summed E-state index contributed by atoms with van der Waals surface area (Å²) < 4.78 is 0. The second-order valence-corrected chi connectivity index (χ2v) is 4.47. The zero-order valence-electron chi connectivity index (χ0n) is 11.0. The van der Waals surface area contributed by atoms with E-state index in [1.54, 1.807) is 6.33 Å². The molecule has 0 spiro atoms. The number of anilines is 1. The molecule has 6 heteroatoms. The number of nitrogens with zero attached hydrogens (tertiary/aromatic N) is 4. The summed E-state index contributed by atoms with van der Waals surface area (Å²) in [6.45, 7) is 1.99. The Balaban J connectivity index is 2.33. The highest BCUT2D eigenvalue weighted by molar-refractivity contribution is 5.89. The lowest BCUT2D eigenvalue weighted by atomic mass is 10.1. The van der Waals surface area contributed by atoms with Crippen molar-refractivity contribution in [1.82, 2.24) is 9.97 Å². The molecule has 0 bridgehead atoms. The van der Waals surface area contributed by atoms with Gasteiger partial charge in [0, 0.05) is 24.9 Å². The largest absolute Gasteiger partial charge is 0.409 e. The van der Waals surface area contributed by atoms with E-state index in [-0.39, 0.29) is 11.9 Å². The highest BCUT2D eigenvalue weighted by Gasteiger charge is 2.15. The van der Waals surface area contributed by atoms with Crippen LogP contribution in [0.5, 0.6) is 0 Å². The Hall–Kier alpha value is -2.37. The van der Waals surface area contributed by atoms with E-state index >= 15 is 0 Å². The Morgan fingerprint density at radius 1 is 1.42 bits per heavy atom. The lowest BCUT2D eigenvalue weighted by molar-refractivity contribution is 0.316. The number of amidine groups is 1. The normalized spacial score (nSPS) is 13.5. The van der Waals surface area contributed by atoms with E-state index in [4.69, 9.17) is 10.9 Å². The summed E-state index contributed by atoms with van der Waals surface area (Å²) in [7, 11) is 1.93. The number of fused-ring (bicyclic) bond motifs is 1. The minimum absolute atomic E-state index is 0.0641. The fourth-order valence-corrected chi connectivity index (χ4v) is 1.96. The molecule has 2 rings (SSSR count). The van der Waals surface area contributed by atoms with E-state index in [1.807, 2.05) is 43.1 Å². The summed E-state index contributed by atoms with van der Waals surface area (Å²) in [5, 5.41) is 12.6. The first-order valence-corrected chi connectivity index (χ1v) is 6.02. The first-order valence-electron chi connectivity index (χ1n) is 6.02. The van der Waals surface area contributed by atoms with Gasteiger partial charge in [-0.25, -0.2) is 9.97 Å². The molecule has 0 saturated carbocycles. The average molecular weight is 259 g/mol. The fraction of sp³-hybridized carbons (Fsp3) is 0.308. The third-order valence-corrected chi connectivity index (χ3v) is 3.15. The zero-order valence-corrected chi connectivity index (χ0v) is 11.0. The highest BCUT2D eigenvalue weighted by Crippen LogP contribution is 2.23. The summed E-state index contributed by atoms with van der Waals surface area (Å²) in [6, 6.07) is 7.89. The molecule has 1 atom stereocenters. The number of hydrogen-bond acceptors (Lipinski definition) is 5. The van der Waals surface area contributed by atoms with Crippen molar-refractivity contribution in [3.63, 3.8) is 0 Å². The molecule has 0 fully saturated rings. The van der Waals surface area contributed by atoms with E-state index in [0.29, 0.717) is 6.42 Å². The molecule has 19 heavy (non-hydrogen) atoms. The van der Waals surface area contributed by atoms with Crippen LogP contribution in [-0.2, 0) is 0 Å². The third-order valence-electron chi connectivity index (χ3n) is 3.15. The minimum atomic E-state index is 0.0641. The Kier molecular flexibility index (Phi) is 3.79. The lowest BCUT2D eigenvalue weighted by Crippen LogP contribution is -2.33. The molecule has 1 unspecified atom stereocenters. The maximum Gasteiger partial charge on any atom is 0.141 e. The van der Waals surface area contributed by atoms with Gasteiger partial charge in [-0.3, -0.25) is 0 Å². The topological polar surface area (TPSA) is 87.6 Å². The molecule has 1 aromatic heterocycles. The second kappa shape index (κ2) is 5.51. The quantitative estimate of drug-likeness (QED) is 0.377. The Labute approximate surface area is 111 Å². The molecule has 1 aromatic carbocycles. The van der Waals surface area contributed by atoms with Crippen molar-refractivity contribution < 1.29 is 5.21 Å². The Morgan fingerprint density at radius 2 is 2.16 bits per heavy atom. The molecule has 3 N–H and O–H groups in total. The van der Waals surface area contributed by atoms with Crippen LogP contribution >= 0.6 is 0 Å². The van der Waals surface area contributed by atoms with E-state index < -0.39 is 0 Å². The van der Waals surface area contributed by atoms with Gasteiger partial charge in [0.05, 0.1) is 5.52 Å².